The van der Waals surface area contributed by atoms with E-state index < -0.39 is 12.0 Å². The summed E-state index contributed by atoms with van der Waals surface area (Å²) in [6.07, 6.45) is 1.75. The molecule has 0 saturated heterocycles. The van der Waals surface area contributed by atoms with Crippen molar-refractivity contribution in [2.75, 3.05) is 7.11 Å². The van der Waals surface area contributed by atoms with Crippen molar-refractivity contribution in [2.45, 2.75) is 13.0 Å². The first-order valence-corrected chi connectivity index (χ1v) is 9.76. The SMILES string of the molecule is COC(=O)C1=C(C)N=c2s/c(=C\c3ccc(O)cc3)c(=O)n2[C@@H]1c1ccccc1. The predicted octanol–water partition coefficient (Wildman–Crippen LogP) is 2.11. The molecule has 1 aliphatic heterocycles. The van der Waals surface area contributed by atoms with Crippen LogP contribution in [0.4, 0.5) is 0 Å². The first-order chi connectivity index (χ1) is 14.0. The molecule has 4 rings (SSSR count). The number of thiazole rings is 1. The summed E-state index contributed by atoms with van der Waals surface area (Å²) in [5.74, 6) is -0.348. The van der Waals surface area contributed by atoms with Gasteiger partial charge in [0.25, 0.3) is 5.56 Å². The second kappa shape index (κ2) is 7.52. The van der Waals surface area contributed by atoms with E-state index in [4.69, 9.17) is 4.74 Å². The zero-order chi connectivity index (χ0) is 20.5. The molecule has 0 unspecified atom stereocenters. The Bertz CT molecular complexity index is 1290. The normalized spacial score (nSPS) is 16.3. The molecule has 2 aromatic carbocycles. The zero-order valence-corrected chi connectivity index (χ0v) is 16.6. The van der Waals surface area contributed by atoms with E-state index in [1.54, 1.807) is 41.8 Å². The smallest absolute Gasteiger partial charge is 0.338 e. The van der Waals surface area contributed by atoms with Crippen LogP contribution < -0.4 is 14.9 Å². The molecule has 1 aromatic heterocycles. The minimum absolute atomic E-state index is 0.158. The third-order valence-corrected chi connectivity index (χ3v) is 5.72. The molecule has 0 amide bonds. The largest absolute Gasteiger partial charge is 0.508 e. The molecular weight excluding hydrogens is 388 g/mol. The molecule has 0 saturated carbocycles. The van der Waals surface area contributed by atoms with E-state index in [-0.39, 0.29) is 11.3 Å². The number of hydrogen-bond donors (Lipinski definition) is 1. The molecule has 6 nitrogen and oxygen atoms in total. The molecule has 3 aromatic rings. The van der Waals surface area contributed by atoms with Crippen molar-refractivity contribution in [1.29, 1.82) is 0 Å². The Morgan fingerprint density at radius 3 is 2.52 bits per heavy atom. The fourth-order valence-electron chi connectivity index (χ4n) is 3.37. The van der Waals surface area contributed by atoms with Crippen LogP contribution in [0.1, 0.15) is 24.1 Å². The molecule has 0 aliphatic carbocycles. The van der Waals surface area contributed by atoms with Gasteiger partial charge in [-0.1, -0.05) is 53.8 Å². The monoisotopic (exact) mass is 406 g/mol. The van der Waals surface area contributed by atoms with E-state index in [1.165, 1.54) is 18.4 Å². The lowest BCUT2D eigenvalue weighted by Crippen LogP contribution is -2.39. The fraction of sp³-hybridized carbons (Fsp3) is 0.136. The van der Waals surface area contributed by atoms with Gasteiger partial charge in [-0.05, 0) is 36.3 Å². The highest BCUT2D eigenvalue weighted by Gasteiger charge is 2.32. The molecule has 29 heavy (non-hydrogen) atoms. The Hall–Kier alpha value is -3.45. The standard InChI is InChI=1S/C22H18N2O4S/c1-13-18(21(27)28-2)19(15-6-4-3-5-7-15)24-20(26)17(29-22(24)23-13)12-14-8-10-16(25)11-9-14/h3-12,19,25H,1-2H3/b17-12-/t19-/m1/s1. The highest BCUT2D eigenvalue weighted by atomic mass is 32.1. The summed E-state index contributed by atoms with van der Waals surface area (Å²) in [4.78, 5) is 30.9. The molecular formula is C22H18N2O4S. The van der Waals surface area contributed by atoms with Crippen molar-refractivity contribution < 1.29 is 14.6 Å². The molecule has 0 bridgehead atoms. The highest BCUT2D eigenvalue weighted by Crippen LogP contribution is 2.30. The molecule has 7 heteroatoms. The lowest BCUT2D eigenvalue weighted by molar-refractivity contribution is -0.136. The van der Waals surface area contributed by atoms with Crippen LogP contribution >= 0.6 is 11.3 Å². The molecule has 1 N–H and O–H groups in total. The third kappa shape index (κ3) is 3.40. The van der Waals surface area contributed by atoms with Crippen LogP contribution in [0.5, 0.6) is 5.75 Å². The number of fused-ring (bicyclic) bond motifs is 1. The topological polar surface area (TPSA) is 80.9 Å². The minimum atomic E-state index is -0.609. The summed E-state index contributed by atoms with van der Waals surface area (Å²) in [7, 11) is 1.32. The summed E-state index contributed by atoms with van der Waals surface area (Å²) in [6, 6.07) is 15.4. The predicted molar refractivity (Wildman–Crippen MR) is 110 cm³/mol. The van der Waals surface area contributed by atoms with Crippen molar-refractivity contribution in [3.8, 4) is 5.75 Å². The lowest BCUT2D eigenvalue weighted by Gasteiger charge is -2.24. The number of rotatable bonds is 3. The first-order valence-electron chi connectivity index (χ1n) is 8.94. The number of phenolic OH excluding ortho intramolecular Hbond substituents is 1. The maximum atomic E-state index is 13.3. The number of phenols is 1. The third-order valence-electron chi connectivity index (χ3n) is 4.73. The maximum absolute atomic E-state index is 13.3. The van der Waals surface area contributed by atoms with Crippen molar-refractivity contribution in [3.63, 3.8) is 0 Å². The number of methoxy groups -OCH3 is 1. The van der Waals surface area contributed by atoms with Crippen LogP contribution in [0.25, 0.3) is 6.08 Å². The molecule has 0 spiro atoms. The summed E-state index contributed by atoms with van der Waals surface area (Å²) >= 11 is 1.26. The quantitative estimate of drug-likeness (QED) is 0.676. The van der Waals surface area contributed by atoms with Gasteiger partial charge < -0.3 is 9.84 Å². The maximum Gasteiger partial charge on any atom is 0.338 e. The average Bonchev–Trinajstić information content (AvgIpc) is 3.03. The van der Waals surface area contributed by atoms with E-state index >= 15 is 0 Å². The number of carbonyl (C=O) groups excluding carboxylic acids is 1. The van der Waals surface area contributed by atoms with Crippen LogP contribution in [0.3, 0.4) is 0 Å². The van der Waals surface area contributed by atoms with Crippen LogP contribution in [0, 0.1) is 0 Å². The molecule has 0 radical (unpaired) electrons. The van der Waals surface area contributed by atoms with E-state index in [1.807, 2.05) is 30.3 Å². The van der Waals surface area contributed by atoms with E-state index in [2.05, 4.69) is 4.99 Å². The van der Waals surface area contributed by atoms with Crippen LogP contribution in [0.2, 0.25) is 0 Å². The number of hydrogen-bond acceptors (Lipinski definition) is 6. The molecule has 0 fully saturated rings. The van der Waals surface area contributed by atoms with Crippen LogP contribution in [0.15, 0.2) is 75.7 Å². The highest BCUT2D eigenvalue weighted by molar-refractivity contribution is 7.07. The van der Waals surface area contributed by atoms with E-state index in [0.29, 0.717) is 20.6 Å². The number of esters is 1. The van der Waals surface area contributed by atoms with Gasteiger partial charge in [0.05, 0.1) is 29.0 Å². The molecule has 2 heterocycles. The first kappa shape index (κ1) is 18.9. The molecule has 1 atom stereocenters. The van der Waals surface area contributed by atoms with Crippen molar-refractivity contribution in [2.24, 2.45) is 4.99 Å². The van der Waals surface area contributed by atoms with Gasteiger partial charge in [-0.3, -0.25) is 9.36 Å². The van der Waals surface area contributed by atoms with Gasteiger partial charge >= 0.3 is 5.97 Å². The number of ether oxygens (including phenoxy) is 1. The summed E-state index contributed by atoms with van der Waals surface area (Å²) in [5, 5.41) is 9.46. The second-order valence-corrected chi connectivity index (χ2v) is 7.58. The molecule has 146 valence electrons. The number of carbonyl (C=O) groups is 1. The zero-order valence-electron chi connectivity index (χ0n) is 15.8. The minimum Gasteiger partial charge on any atom is -0.508 e. The number of aromatic nitrogens is 1. The second-order valence-electron chi connectivity index (χ2n) is 6.58. The Labute approximate surface area is 170 Å². The van der Waals surface area contributed by atoms with Gasteiger partial charge in [0.2, 0.25) is 0 Å². The number of aromatic hydroxyl groups is 1. The van der Waals surface area contributed by atoms with Crippen molar-refractivity contribution >= 4 is 23.4 Å². The van der Waals surface area contributed by atoms with Crippen molar-refractivity contribution in [1.82, 2.24) is 4.57 Å². The van der Waals surface area contributed by atoms with E-state index in [0.717, 1.165) is 11.1 Å². The Balaban J connectivity index is 1.97. The van der Waals surface area contributed by atoms with Gasteiger partial charge in [0.1, 0.15) is 5.75 Å². The summed E-state index contributed by atoms with van der Waals surface area (Å²) < 4.78 is 7.02. The van der Waals surface area contributed by atoms with Gasteiger partial charge in [0, 0.05) is 0 Å². The Kier molecular flexibility index (Phi) is 4.90. The average molecular weight is 406 g/mol. The molecule has 1 aliphatic rings. The van der Waals surface area contributed by atoms with E-state index in [9.17, 15) is 14.7 Å². The summed E-state index contributed by atoms with van der Waals surface area (Å²) in [5.41, 5.74) is 2.24. The number of nitrogens with zero attached hydrogens (tertiary/aromatic N) is 2. The summed E-state index contributed by atoms with van der Waals surface area (Å²) in [6.45, 7) is 1.75. The number of allylic oxidation sites excluding steroid dienone is 1. The van der Waals surface area contributed by atoms with Gasteiger partial charge in [-0.25, -0.2) is 9.79 Å². The van der Waals surface area contributed by atoms with Crippen LogP contribution in [-0.4, -0.2) is 22.8 Å². The lowest BCUT2D eigenvalue weighted by atomic mass is 9.96. The fourth-order valence-corrected chi connectivity index (χ4v) is 4.41. The van der Waals surface area contributed by atoms with Gasteiger partial charge in [-0.15, -0.1) is 0 Å². The Morgan fingerprint density at radius 2 is 1.86 bits per heavy atom. The Morgan fingerprint density at radius 1 is 1.17 bits per heavy atom. The van der Waals surface area contributed by atoms with Gasteiger partial charge in [0.15, 0.2) is 4.80 Å². The number of benzene rings is 2. The van der Waals surface area contributed by atoms with Crippen LogP contribution in [-0.2, 0) is 9.53 Å². The van der Waals surface area contributed by atoms with Crippen molar-refractivity contribution in [3.05, 3.63) is 96.7 Å². The van der Waals surface area contributed by atoms with Gasteiger partial charge in [-0.2, -0.15) is 0 Å².